The Morgan fingerprint density at radius 3 is 2.60 bits per heavy atom. The molecule has 1 aromatic rings. The molecule has 1 aliphatic carbocycles. The Balaban J connectivity index is 2.10. The van der Waals surface area contributed by atoms with Gasteiger partial charge in [0.2, 0.25) is 0 Å². The van der Waals surface area contributed by atoms with Crippen molar-refractivity contribution in [2.24, 2.45) is 5.73 Å². The van der Waals surface area contributed by atoms with Gasteiger partial charge in [-0.05, 0) is 44.4 Å². The van der Waals surface area contributed by atoms with Crippen molar-refractivity contribution >= 4 is 11.6 Å². The fourth-order valence-electron chi connectivity index (χ4n) is 3.05. The summed E-state index contributed by atoms with van der Waals surface area (Å²) in [6.07, 6.45) is 4.62. The molecule has 0 spiro atoms. The molecule has 2 rings (SSSR count). The van der Waals surface area contributed by atoms with Crippen LogP contribution in [0.5, 0.6) is 5.75 Å². The average Bonchev–Trinajstić information content (AvgIpc) is 2.47. The third kappa shape index (κ3) is 3.66. The summed E-state index contributed by atoms with van der Waals surface area (Å²) in [6, 6.07) is 6.84. The van der Waals surface area contributed by atoms with E-state index < -0.39 is 0 Å². The topological polar surface area (TPSA) is 38.5 Å². The lowest BCUT2D eigenvalue weighted by molar-refractivity contribution is 0.148. The minimum absolute atomic E-state index is 0.389. The predicted octanol–water partition coefficient (Wildman–Crippen LogP) is 3.44. The highest BCUT2D eigenvalue weighted by Gasteiger charge is 2.24. The van der Waals surface area contributed by atoms with Gasteiger partial charge < -0.3 is 10.5 Å². The van der Waals surface area contributed by atoms with Crippen molar-refractivity contribution in [3.8, 4) is 5.75 Å². The number of ether oxygens (including phenoxy) is 1. The van der Waals surface area contributed by atoms with E-state index in [0.717, 1.165) is 42.3 Å². The summed E-state index contributed by atoms with van der Waals surface area (Å²) in [7, 11) is 1.70. The molecule has 20 heavy (non-hydrogen) atoms. The van der Waals surface area contributed by atoms with Gasteiger partial charge in [-0.15, -0.1) is 0 Å². The maximum atomic E-state index is 6.34. The quantitative estimate of drug-likeness (QED) is 0.904. The van der Waals surface area contributed by atoms with Crippen molar-refractivity contribution in [3.05, 3.63) is 28.8 Å². The van der Waals surface area contributed by atoms with Gasteiger partial charge in [-0.25, -0.2) is 0 Å². The van der Waals surface area contributed by atoms with Crippen molar-refractivity contribution in [1.29, 1.82) is 0 Å². The minimum atomic E-state index is 0.389. The van der Waals surface area contributed by atoms with Crippen LogP contribution >= 0.6 is 11.6 Å². The van der Waals surface area contributed by atoms with Crippen LogP contribution in [0.3, 0.4) is 0 Å². The summed E-state index contributed by atoms with van der Waals surface area (Å²) >= 11 is 6.34. The van der Waals surface area contributed by atoms with Crippen LogP contribution in [0.4, 0.5) is 0 Å². The summed E-state index contributed by atoms with van der Waals surface area (Å²) in [5.41, 5.74) is 7.09. The van der Waals surface area contributed by atoms with E-state index in [1.807, 2.05) is 18.2 Å². The Morgan fingerprint density at radius 2 is 2.00 bits per heavy atom. The van der Waals surface area contributed by atoms with Crippen LogP contribution < -0.4 is 10.5 Å². The molecule has 0 aromatic heterocycles. The van der Waals surface area contributed by atoms with E-state index in [0.29, 0.717) is 12.1 Å². The maximum Gasteiger partial charge on any atom is 0.124 e. The Bertz CT molecular complexity index is 430. The van der Waals surface area contributed by atoms with Crippen LogP contribution in [-0.2, 0) is 6.54 Å². The van der Waals surface area contributed by atoms with Crippen molar-refractivity contribution in [2.45, 2.75) is 51.2 Å². The van der Waals surface area contributed by atoms with E-state index in [1.54, 1.807) is 7.11 Å². The van der Waals surface area contributed by atoms with Gasteiger partial charge in [0.15, 0.2) is 0 Å². The van der Waals surface area contributed by atoms with Gasteiger partial charge in [-0.3, -0.25) is 4.90 Å². The molecule has 4 heteroatoms. The van der Waals surface area contributed by atoms with E-state index in [1.165, 1.54) is 12.8 Å². The molecule has 0 atom stereocenters. The molecule has 0 radical (unpaired) electrons. The van der Waals surface area contributed by atoms with Gasteiger partial charge >= 0.3 is 0 Å². The highest BCUT2D eigenvalue weighted by Crippen LogP contribution is 2.30. The van der Waals surface area contributed by atoms with E-state index in [9.17, 15) is 0 Å². The Kier molecular flexibility index (Phi) is 5.70. The monoisotopic (exact) mass is 296 g/mol. The normalized spacial score (nSPS) is 23.1. The molecule has 0 heterocycles. The standard InChI is InChI=1S/C16H25ClN2O/c1-3-19(13-9-7-12(18)8-10-13)11-14-15(17)5-4-6-16(14)20-2/h4-6,12-13H,3,7-11,18H2,1-2H3. The van der Waals surface area contributed by atoms with Crippen LogP contribution in [0.25, 0.3) is 0 Å². The molecule has 0 amide bonds. The van der Waals surface area contributed by atoms with Gasteiger partial charge in [-0.1, -0.05) is 24.6 Å². The molecule has 2 N–H and O–H groups in total. The van der Waals surface area contributed by atoms with E-state index in [4.69, 9.17) is 22.1 Å². The second-order valence-corrected chi connectivity index (χ2v) is 5.96. The zero-order valence-corrected chi connectivity index (χ0v) is 13.2. The second kappa shape index (κ2) is 7.30. The first-order valence-electron chi connectivity index (χ1n) is 7.46. The molecule has 1 aromatic carbocycles. The summed E-state index contributed by atoms with van der Waals surface area (Å²) in [5, 5.41) is 0.787. The first-order chi connectivity index (χ1) is 9.65. The number of nitrogens with zero attached hydrogens (tertiary/aromatic N) is 1. The highest BCUT2D eigenvalue weighted by atomic mass is 35.5. The van der Waals surface area contributed by atoms with Crippen LogP contribution in [0.15, 0.2) is 18.2 Å². The Morgan fingerprint density at radius 1 is 1.30 bits per heavy atom. The Labute approximate surface area is 127 Å². The molecule has 3 nitrogen and oxygen atoms in total. The first kappa shape index (κ1) is 15.6. The number of hydrogen-bond acceptors (Lipinski definition) is 3. The lowest BCUT2D eigenvalue weighted by Crippen LogP contribution is -2.40. The smallest absolute Gasteiger partial charge is 0.124 e. The number of nitrogens with two attached hydrogens (primary N) is 1. The molecular weight excluding hydrogens is 272 g/mol. The lowest BCUT2D eigenvalue weighted by atomic mass is 9.90. The van der Waals surface area contributed by atoms with Crippen LogP contribution in [0.1, 0.15) is 38.2 Å². The van der Waals surface area contributed by atoms with Crippen molar-refractivity contribution in [2.75, 3.05) is 13.7 Å². The lowest BCUT2D eigenvalue weighted by Gasteiger charge is -2.35. The predicted molar refractivity (Wildman–Crippen MR) is 84.3 cm³/mol. The maximum absolute atomic E-state index is 6.34. The number of rotatable bonds is 5. The minimum Gasteiger partial charge on any atom is -0.496 e. The first-order valence-corrected chi connectivity index (χ1v) is 7.84. The van der Waals surface area contributed by atoms with E-state index in [-0.39, 0.29) is 0 Å². The van der Waals surface area contributed by atoms with Gasteiger partial charge in [-0.2, -0.15) is 0 Å². The molecule has 0 bridgehead atoms. The van der Waals surface area contributed by atoms with Crippen LogP contribution in [-0.4, -0.2) is 30.6 Å². The van der Waals surface area contributed by atoms with E-state index in [2.05, 4.69) is 11.8 Å². The molecule has 1 saturated carbocycles. The average molecular weight is 297 g/mol. The van der Waals surface area contributed by atoms with E-state index >= 15 is 0 Å². The molecule has 0 unspecified atom stereocenters. The summed E-state index contributed by atoms with van der Waals surface area (Å²) in [6.45, 7) is 4.07. The van der Waals surface area contributed by atoms with Gasteiger partial charge in [0, 0.05) is 29.2 Å². The number of halogens is 1. The van der Waals surface area contributed by atoms with Crippen LogP contribution in [0, 0.1) is 0 Å². The molecule has 1 fully saturated rings. The van der Waals surface area contributed by atoms with Gasteiger partial charge in [0.1, 0.15) is 5.75 Å². The zero-order chi connectivity index (χ0) is 14.5. The number of hydrogen-bond donors (Lipinski definition) is 1. The molecule has 0 aliphatic heterocycles. The van der Waals surface area contributed by atoms with Crippen LogP contribution in [0.2, 0.25) is 5.02 Å². The second-order valence-electron chi connectivity index (χ2n) is 5.55. The number of methoxy groups -OCH3 is 1. The molecule has 1 aliphatic rings. The van der Waals surface area contributed by atoms with Crippen molar-refractivity contribution in [1.82, 2.24) is 4.90 Å². The van der Waals surface area contributed by atoms with Crippen molar-refractivity contribution in [3.63, 3.8) is 0 Å². The highest BCUT2D eigenvalue weighted by molar-refractivity contribution is 6.31. The zero-order valence-electron chi connectivity index (χ0n) is 12.4. The third-order valence-electron chi connectivity index (χ3n) is 4.32. The largest absolute Gasteiger partial charge is 0.496 e. The Hall–Kier alpha value is -0.770. The van der Waals surface area contributed by atoms with Gasteiger partial charge in [0.05, 0.1) is 7.11 Å². The van der Waals surface area contributed by atoms with Gasteiger partial charge in [0.25, 0.3) is 0 Å². The molecule has 0 saturated heterocycles. The number of benzene rings is 1. The molecule has 112 valence electrons. The summed E-state index contributed by atoms with van der Waals surface area (Å²) < 4.78 is 5.44. The summed E-state index contributed by atoms with van der Waals surface area (Å²) in [4.78, 5) is 2.50. The summed E-state index contributed by atoms with van der Waals surface area (Å²) in [5.74, 6) is 0.878. The fourth-order valence-corrected chi connectivity index (χ4v) is 3.28. The SMILES string of the molecule is CCN(Cc1c(Cl)cccc1OC)C1CCC(N)CC1. The third-order valence-corrected chi connectivity index (χ3v) is 4.68. The van der Waals surface area contributed by atoms with Crippen molar-refractivity contribution < 1.29 is 4.74 Å². The molecular formula is C16H25ClN2O. The fraction of sp³-hybridized carbons (Fsp3) is 0.625.